The van der Waals surface area contributed by atoms with Crippen molar-refractivity contribution >= 4 is 15.1 Å². The topological polar surface area (TPSA) is 58.6 Å². The molecule has 1 aliphatic carbocycles. The van der Waals surface area contributed by atoms with Gasteiger partial charge in [-0.1, -0.05) is 39.6 Å². The smallest absolute Gasteiger partial charge is 0.295 e. The number of hydrogen-bond acceptors (Lipinski definition) is 3. The number of carbonyl (C=O) groups excluding carboxylic acids is 1. The Bertz CT molecular complexity index is 883. The van der Waals surface area contributed by atoms with Crippen molar-refractivity contribution in [1.29, 1.82) is 0 Å². The number of benzene rings is 2. The fraction of sp³-hybridized carbons (Fsp3) is 0.316. The van der Waals surface area contributed by atoms with Crippen LogP contribution in [0.4, 0.5) is 8.78 Å². The lowest BCUT2D eigenvalue weighted by Crippen LogP contribution is -2.40. The van der Waals surface area contributed by atoms with Gasteiger partial charge in [0, 0.05) is 17.5 Å². The summed E-state index contributed by atoms with van der Waals surface area (Å²) < 4.78 is 34.5. The highest BCUT2D eigenvalue weighted by Crippen LogP contribution is 2.57. The van der Waals surface area contributed by atoms with Gasteiger partial charge in [0.1, 0.15) is 12.4 Å². The van der Waals surface area contributed by atoms with Crippen molar-refractivity contribution in [1.82, 2.24) is 5.32 Å². The Hall–Kier alpha value is -2.04. The van der Waals surface area contributed by atoms with Gasteiger partial charge in [0.25, 0.3) is 5.66 Å². The molecule has 4 rings (SSSR count). The van der Waals surface area contributed by atoms with E-state index in [4.69, 9.17) is 4.74 Å². The van der Waals surface area contributed by atoms with Crippen molar-refractivity contribution in [2.45, 2.75) is 30.1 Å². The summed E-state index contributed by atoms with van der Waals surface area (Å²) in [6.07, 6.45) is 1.15. The zero-order valence-corrected chi connectivity index (χ0v) is 15.0. The first-order chi connectivity index (χ1) is 12.3. The molecular formula is C19H18F2NO3P. The van der Waals surface area contributed by atoms with Crippen molar-refractivity contribution in [2.24, 2.45) is 0 Å². The maximum Gasteiger partial charge on any atom is 0.295 e. The highest BCUT2D eigenvalue weighted by Gasteiger charge is 2.56. The van der Waals surface area contributed by atoms with Crippen LogP contribution in [0.2, 0.25) is 0 Å². The summed E-state index contributed by atoms with van der Waals surface area (Å²) in [7, 11) is 1.45. The maximum absolute atomic E-state index is 14.4. The van der Waals surface area contributed by atoms with Gasteiger partial charge in [-0.15, -0.1) is 0 Å². The number of amides is 1. The number of nitrogens with one attached hydrogen (secondary N) is 1. The monoisotopic (exact) mass is 377 g/mol. The maximum atomic E-state index is 14.4. The molecule has 0 radical (unpaired) electrons. The van der Waals surface area contributed by atoms with Crippen LogP contribution >= 0.6 is 9.24 Å². The number of fused-ring (bicyclic) bond motifs is 3. The van der Waals surface area contributed by atoms with E-state index >= 15 is 0 Å². The van der Waals surface area contributed by atoms with Crippen LogP contribution < -0.4 is 10.1 Å². The number of rotatable bonds is 4. The van der Waals surface area contributed by atoms with E-state index in [9.17, 15) is 18.7 Å². The van der Waals surface area contributed by atoms with Gasteiger partial charge < -0.3 is 15.2 Å². The second kappa shape index (κ2) is 6.00. The molecule has 2 aromatic carbocycles. The third kappa shape index (κ3) is 2.60. The highest BCUT2D eigenvalue weighted by molar-refractivity contribution is 7.18. The second-order valence-corrected chi connectivity index (χ2v) is 7.43. The van der Waals surface area contributed by atoms with E-state index in [1.807, 2.05) is 0 Å². The molecule has 3 atom stereocenters. The molecule has 1 aliphatic heterocycles. The van der Waals surface area contributed by atoms with E-state index in [1.165, 1.54) is 21.4 Å². The summed E-state index contributed by atoms with van der Waals surface area (Å²) in [6, 6.07) is 11.4. The molecule has 1 fully saturated rings. The standard InChI is InChI=1S/C19H18F2NO3P/c20-19(21,26)18(24)15-4-2-1-3-13(15)14-7-6-12(9-16(14)18)25-10-11-5-8-17(23)22-11/h1-4,6-7,9,11,24H,5,8,10,26H2,(H,22,23)/t11-,18?/m1/s1. The van der Waals surface area contributed by atoms with Crippen molar-refractivity contribution in [3.05, 3.63) is 53.6 Å². The van der Waals surface area contributed by atoms with E-state index in [1.54, 1.807) is 30.3 Å². The fourth-order valence-corrected chi connectivity index (χ4v) is 4.00. The molecule has 4 nitrogen and oxygen atoms in total. The lowest BCUT2D eigenvalue weighted by molar-refractivity contribution is -0.119. The number of aliphatic hydroxyl groups is 1. The third-order valence-electron chi connectivity index (χ3n) is 5.01. The van der Waals surface area contributed by atoms with E-state index < -0.39 is 11.3 Å². The van der Waals surface area contributed by atoms with E-state index in [0.717, 1.165) is 0 Å². The molecule has 2 aromatic rings. The van der Waals surface area contributed by atoms with Crippen LogP contribution in [0.25, 0.3) is 11.1 Å². The molecule has 1 heterocycles. The normalized spacial score (nSPS) is 24.2. The van der Waals surface area contributed by atoms with Crippen LogP contribution in [0, 0.1) is 0 Å². The molecule has 0 bridgehead atoms. The molecule has 2 aliphatic rings. The minimum absolute atomic E-state index is 0.0139. The minimum atomic E-state index is -3.45. The lowest BCUT2D eigenvalue weighted by Gasteiger charge is -2.31. The molecule has 26 heavy (non-hydrogen) atoms. The SMILES string of the molecule is O=C1CC[C@H](COc2ccc3c(c2)C(O)(C(F)(F)P)c2ccccc2-3)N1. The van der Waals surface area contributed by atoms with E-state index in [-0.39, 0.29) is 29.7 Å². The van der Waals surface area contributed by atoms with Crippen molar-refractivity contribution in [2.75, 3.05) is 6.61 Å². The zero-order valence-electron chi connectivity index (χ0n) is 13.8. The van der Waals surface area contributed by atoms with Crippen LogP contribution in [0.15, 0.2) is 42.5 Å². The van der Waals surface area contributed by atoms with Gasteiger partial charge in [-0.3, -0.25) is 4.79 Å². The predicted molar refractivity (Wildman–Crippen MR) is 96.2 cm³/mol. The predicted octanol–water partition coefficient (Wildman–Crippen LogP) is 3.03. The van der Waals surface area contributed by atoms with Gasteiger partial charge in [-0.05, 0) is 29.7 Å². The summed E-state index contributed by atoms with van der Waals surface area (Å²) in [4.78, 5) is 11.3. The molecule has 0 aromatic heterocycles. The van der Waals surface area contributed by atoms with Crippen LogP contribution in [-0.4, -0.2) is 29.3 Å². The first-order valence-electron chi connectivity index (χ1n) is 8.36. The molecule has 2 N–H and O–H groups in total. The first kappa shape index (κ1) is 17.4. The molecule has 2 unspecified atom stereocenters. The molecule has 1 amide bonds. The number of alkyl halides is 2. The van der Waals surface area contributed by atoms with Crippen molar-refractivity contribution in [3.63, 3.8) is 0 Å². The number of halogens is 2. The van der Waals surface area contributed by atoms with Crippen LogP contribution in [0.1, 0.15) is 24.0 Å². The Kier molecular flexibility index (Phi) is 4.01. The molecule has 0 spiro atoms. The van der Waals surface area contributed by atoms with Crippen LogP contribution in [0.3, 0.4) is 0 Å². The highest BCUT2D eigenvalue weighted by atomic mass is 31.0. The van der Waals surface area contributed by atoms with Crippen molar-refractivity contribution < 1.29 is 23.4 Å². The van der Waals surface area contributed by atoms with Gasteiger partial charge in [0.05, 0.1) is 6.04 Å². The summed E-state index contributed by atoms with van der Waals surface area (Å²) in [6.45, 7) is 0.257. The largest absolute Gasteiger partial charge is 0.491 e. The minimum Gasteiger partial charge on any atom is -0.491 e. The van der Waals surface area contributed by atoms with Gasteiger partial charge in [-0.2, -0.15) is 8.78 Å². The lowest BCUT2D eigenvalue weighted by atomic mass is 9.91. The van der Waals surface area contributed by atoms with E-state index in [0.29, 0.717) is 29.7 Å². The molecule has 7 heteroatoms. The van der Waals surface area contributed by atoms with Gasteiger partial charge in [0.15, 0.2) is 5.60 Å². The van der Waals surface area contributed by atoms with Crippen LogP contribution in [-0.2, 0) is 10.4 Å². The molecule has 0 saturated carbocycles. The third-order valence-corrected chi connectivity index (χ3v) is 5.42. The second-order valence-electron chi connectivity index (χ2n) is 6.70. The van der Waals surface area contributed by atoms with E-state index in [2.05, 4.69) is 5.32 Å². The molecular weight excluding hydrogens is 359 g/mol. The Morgan fingerprint density at radius 1 is 1.23 bits per heavy atom. The Labute approximate surface area is 151 Å². The summed E-state index contributed by atoms with van der Waals surface area (Å²) in [5, 5.41) is 13.8. The summed E-state index contributed by atoms with van der Waals surface area (Å²) in [5.74, 6) is 0.366. The summed E-state index contributed by atoms with van der Waals surface area (Å²) in [5.41, 5.74) is -4.45. The number of carbonyl (C=O) groups is 1. The number of hydrogen-bond donors (Lipinski definition) is 2. The van der Waals surface area contributed by atoms with Gasteiger partial charge in [0.2, 0.25) is 5.91 Å². The van der Waals surface area contributed by atoms with Gasteiger partial charge in [-0.25, -0.2) is 0 Å². The number of ether oxygens (including phenoxy) is 1. The summed E-state index contributed by atoms with van der Waals surface area (Å²) >= 11 is 0. The average Bonchev–Trinajstić information content (AvgIpc) is 3.13. The Morgan fingerprint density at radius 3 is 2.65 bits per heavy atom. The Balaban J connectivity index is 1.69. The molecule has 136 valence electrons. The Morgan fingerprint density at radius 2 is 1.96 bits per heavy atom. The average molecular weight is 377 g/mol. The zero-order chi connectivity index (χ0) is 18.5. The van der Waals surface area contributed by atoms with Gasteiger partial charge >= 0.3 is 0 Å². The van der Waals surface area contributed by atoms with Crippen molar-refractivity contribution in [3.8, 4) is 16.9 Å². The first-order valence-corrected chi connectivity index (χ1v) is 8.94. The quantitative estimate of drug-likeness (QED) is 0.806. The fourth-order valence-electron chi connectivity index (χ4n) is 3.68. The van der Waals surface area contributed by atoms with Crippen LogP contribution in [0.5, 0.6) is 5.75 Å². The molecule has 1 saturated heterocycles.